The fourth-order valence-corrected chi connectivity index (χ4v) is 3.54. The van der Waals surface area contributed by atoms with Gasteiger partial charge in [-0.3, -0.25) is 4.79 Å². The second-order valence-electron chi connectivity index (χ2n) is 7.06. The highest BCUT2D eigenvalue weighted by atomic mass is 35.5. The monoisotopic (exact) mass is 438 g/mol. The molecular weight excluding hydrogens is 419 g/mol. The van der Waals surface area contributed by atoms with Crippen LogP contribution in [0.3, 0.4) is 0 Å². The molecule has 2 aromatic rings. The van der Waals surface area contributed by atoms with Crippen molar-refractivity contribution in [3.05, 3.63) is 68.7 Å². The first kappa shape index (κ1) is 21.0. The summed E-state index contributed by atoms with van der Waals surface area (Å²) in [7, 11) is 0. The van der Waals surface area contributed by atoms with Crippen LogP contribution in [0.4, 0.5) is 0 Å². The van der Waals surface area contributed by atoms with Gasteiger partial charge in [-0.05, 0) is 23.8 Å². The van der Waals surface area contributed by atoms with E-state index < -0.39 is 0 Å². The summed E-state index contributed by atoms with van der Waals surface area (Å²) in [6, 6.07) is 12.9. The predicted octanol–water partition coefficient (Wildman–Crippen LogP) is 5.82. The number of carbonyl (C=O) groups excluding carboxylic acids is 1. The zero-order valence-corrected chi connectivity index (χ0v) is 17.9. The van der Waals surface area contributed by atoms with Crippen molar-refractivity contribution in [3.8, 4) is 0 Å². The van der Waals surface area contributed by atoms with Gasteiger partial charge in [-0.15, -0.1) is 0 Å². The summed E-state index contributed by atoms with van der Waals surface area (Å²) in [5, 5.41) is 5.80. The zero-order valence-electron chi connectivity index (χ0n) is 15.7. The molecule has 0 saturated heterocycles. The Morgan fingerprint density at radius 2 is 1.89 bits per heavy atom. The lowest BCUT2D eigenvalue weighted by molar-refractivity contribution is -0.136. The molecule has 1 aliphatic heterocycles. The number of carbonyl (C=O) groups is 1. The molecule has 0 radical (unpaired) electrons. The number of amides is 1. The normalized spacial score (nSPS) is 16.1. The van der Waals surface area contributed by atoms with Crippen molar-refractivity contribution in [3.63, 3.8) is 0 Å². The Hall–Kier alpha value is -1.75. The van der Waals surface area contributed by atoms with Crippen LogP contribution in [0, 0.1) is 5.92 Å². The lowest BCUT2D eigenvalue weighted by Gasteiger charge is -2.27. The number of hydrogen-bond donors (Lipinski definition) is 0. The molecule has 0 aliphatic carbocycles. The van der Waals surface area contributed by atoms with Crippen LogP contribution in [-0.4, -0.2) is 29.2 Å². The highest BCUT2D eigenvalue weighted by molar-refractivity contribution is 6.42. The van der Waals surface area contributed by atoms with Crippen LogP contribution in [0.25, 0.3) is 0 Å². The van der Waals surface area contributed by atoms with E-state index in [1.807, 2.05) is 44.2 Å². The maximum atomic E-state index is 12.7. The Kier molecular flexibility index (Phi) is 6.86. The van der Waals surface area contributed by atoms with Gasteiger partial charge < -0.3 is 9.74 Å². The lowest BCUT2D eigenvalue weighted by atomic mass is 10.0. The molecule has 0 N–H and O–H groups in total. The Morgan fingerprint density at radius 3 is 2.57 bits per heavy atom. The summed E-state index contributed by atoms with van der Waals surface area (Å²) >= 11 is 18.4. The summed E-state index contributed by atoms with van der Waals surface area (Å²) < 4.78 is 0. The number of halogens is 3. The zero-order chi connectivity index (χ0) is 20.3. The van der Waals surface area contributed by atoms with E-state index in [1.165, 1.54) is 0 Å². The smallest absolute Gasteiger partial charge is 0.225 e. The van der Waals surface area contributed by atoms with Crippen molar-refractivity contribution < 1.29 is 9.63 Å². The van der Waals surface area contributed by atoms with E-state index in [1.54, 1.807) is 17.0 Å². The van der Waals surface area contributed by atoms with Gasteiger partial charge in [0.25, 0.3) is 0 Å². The molecule has 0 saturated carbocycles. The van der Waals surface area contributed by atoms with Crippen LogP contribution in [0.5, 0.6) is 0 Å². The quantitative estimate of drug-likeness (QED) is 0.568. The molecule has 0 aromatic heterocycles. The van der Waals surface area contributed by atoms with Gasteiger partial charge in [0, 0.05) is 29.5 Å². The third-order valence-corrected chi connectivity index (χ3v) is 5.64. The van der Waals surface area contributed by atoms with Crippen LogP contribution in [-0.2, 0) is 16.2 Å². The molecule has 1 atom stereocenters. The first-order valence-electron chi connectivity index (χ1n) is 9.05. The van der Waals surface area contributed by atoms with Gasteiger partial charge in [0.15, 0.2) is 6.10 Å². The van der Waals surface area contributed by atoms with Crippen molar-refractivity contribution in [1.82, 2.24) is 4.90 Å². The second-order valence-corrected chi connectivity index (χ2v) is 8.28. The van der Waals surface area contributed by atoms with Gasteiger partial charge in [-0.1, -0.05) is 78.1 Å². The molecule has 0 fully saturated rings. The van der Waals surface area contributed by atoms with Gasteiger partial charge in [0.1, 0.15) is 0 Å². The molecule has 28 heavy (non-hydrogen) atoms. The molecule has 1 amide bonds. The van der Waals surface area contributed by atoms with E-state index in [4.69, 9.17) is 39.6 Å². The Bertz CT molecular complexity index is 899. The fourth-order valence-electron chi connectivity index (χ4n) is 3.05. The van der Waals surface area contributed by atoms with Crippen molar-refractivity contribution in [2.75, 3.05) is 6.54 Å². The third-order valence-electron chi connectivity index (χ3n) is 4.53. The predicted molar refractivity (Wildman–Crippen MR) is 114 cm³/mol. The van der Waals surface area contributed by atoms with E-state index in [0.29, 0.717) is 34.6 Å². The largest absolute Gasteiger partial charge is 0.390 e. The molecule has 1 aliphatic rings. The maximum Gasteiger partial charge on any atom is 0.225 e. The molecule has 0 unspecified atom stereocenters. The van der Waals surface area contributed by atoms with Crippen LogP contribution in [0.2, 0.25) is 15.1 Å². The first-order valence-corrected chi connectivity index (χ1v) is 10.2. The van der Waals surface area contributed by atoms with Gasteiger partial charge in [-0.25, -0.2) is 0 Å². The fraction of sp³-hybridized carbons (Fsp3) is 0.333. The van der Waals surface area contributed by atoms with Gasteiger partial charge >= 0.3 is 0 Å². The van der Waals surface area contributed by atoms with E-state index in [2.05, 4.69) is 5.16 Å². The van der Waals surface area contributed by atoms with Gasteiger partial charge in [0.2, 0.25) is 5.91 Å². The van der Waals surface area contributed by atoms with E-state index >= 15 is 0 Å². The highest BCUT2D eigenvalue weighted by Crippen LogP contribution is 2.26. The summed E-state index contributed by atoms with van der Waals surface area (Å²) in [4.78, 5) is 20.1. The molecule has 0 spiro atoms. The van der Waals surface area contributed by atoms with Crippen LogP contribution in [0.1, 0.15) is 31.4 Å². The van der Waals surface area contributed by atoms with E-state index in [-0.39, 0.29) is 17.9 Å². The molecule has 3 rings (SSSR count). The summed E-state index contributed by atoms with van der Waals surface area (Å²) in [6.45, 7) is 4.62. The number of nitrogens with zero attached hydrogens (tertiary/aromatic N) is 2. The van der Waals surface area contributed by atoms with Gasteiger partial charge in [0.05, 0.1) is 22.3 Å². The van der Waals surface area contributed by atoms with Crippen molar-refractivity contribution in [2.45, 2.75) is 32.9 Å². The standard InChI is InChI=1S/C21H21Cl3N2O2/c1-13(2)21(27)26(11-15-5-3-4-6-17(15)22)12-16-10-20(25-28-16)14-7-8-18(23)19(24)9-14/h3-9,13,16H,10-12H2,1-2H3/t16-/m1/s1. The van der Waals surface area contributed by atoms with Crippen LogP contribution in [0.15, 0.2) is 47.6 Å². The lowest BCUT2D eigenvalue weighted by Crippen LogP contribution is -2.39. The minimum Gasteiger partial charge on any atom is -0.390 e. The van der Waals surface area contributed by atoms with Gasteiger partial charge in [-0.2, -0.15) is 0 Å². The van der Waals surface area contributed by atoms with Crippen molar-refractivity contribution in [1.29, 1.82) is 0 Å². The Morgan fingerprint density at radius 1 is 1.14 bits per heavy atom. The molecule has 1 heterocycles. The molecule has 4 nitrogen and oxygen atoms in total. The number of hydrogen-bond acceptors (Lipinski definition) is 3. The molecule has 2 aromatic carbocycles. The second kappa shape index (κ2) is 9.17. The first-order chi connectivity index (χ1) is 13.3. The average molecular weight is 440 g/mol. The highest BCUT2D eigenvalue weighted by Gasteiger charge is 2.28. The van der Waals surface area contributed by atoms with Crippen molar-refractivity contribution >= 4 is 46.4 Å². The van der Waals surface area contributed by atoms with Crippen molar-refractivity contribution in [2.24, 2.45) is 11.1 Å². The number of benzene rings is 2. The van der Waals surface area contributed by atoms with E-state index in [0.717, 1.165) is 16.8 Å². The summed E-state index contributed by atoms with van der Waals surface area (Å²) in [6.07, 6.45) is 0.358. The topological polar surface area (TPSA) is 41.9 Å². The third kappa shape index (κ3) is 4.99. The number of oxime groups is 1. The molecule has 0 bridgehead atoms. The SMILES string of the molecule is CC(C)C(=O)N(Cc1ccccc1Cl)C[C@H]1CC(c2ccc(Cl)c(Cl)c2)=NO1. The van der Waals surface area contributed by atoms with Crippen LogP contribution >= 0.6 is 34.8 Å². The molecule has 7 heteroatoms. The minimum atomic E-state index is -0.227. The average Bonchev–Trinajstić information content (AvgIpc) is 3.13. The summed E-state index contributed by atoms with van der Waals surface area (Å²) in [5.74, 6) is -0.0779. The minimum absolute atomic E-state index is 0.0477. The van der Waals surface area contributed by atoms with E-state index in [9.17, 15) is 4.79 Å². The Balaban J connectivity index is 1.70. The summed E-state index contributed by atoms with van der Waals surface area (Å²) in [5.41, 5.74) is 2.56. The maximum absolute atomic E-state index is 12.7. The number of rotatable bonds is 6. The Labute approximate surface area is 180 Å². The molecule has 148 valence electrons. The molecular formula is C21H21Cl3N2O2. The van der Waals surface area contributed by atoms with Crippen LogP contribution < -0.4 is 0 Å².